The molecule has 7 heteroatoms. The molecule has 1 fully saturated rings. The van der Waals surface area contributed by atoms with E-state index in [1.54, 1.807) is 6.92 Å². The first-order valence-corrected chi connectivity index (χ1v) is 6.84. The van der Waals surface area contributed by atoms with Crippen LogP contribution in [0.15, 0.2) is 12.4 Å². The minimum Gasteiger partial charge on any atom is -0.465 e. The fourth-order valence-corrected chi connectivity index (χ4v) is 2.51. The third-order valence-electron chi connectivity index (χ3n) is 3.48. The first-order chi connectivity index (χ1) is 9.63. The van der Waals surface area contributed by atoms with Crippen LogP contribution in [0.25, 0.3) is 0 Å². The van der Waals surface area contributed by atoms with E-state index >= 15 is 0 Å². The Morgan fingerprint density at radius 3 is 3.05 bits per heavy atom. The van der Waals surface area contributed by atoms with E-state index < -0.39 is 6.55 Å². The molecule has 2 heterocycles. The molecule has 0 spiro atoms. The van der Waals surface area contributed by atoms with Gasteiger partial charge in [-0.1, -0.05) is 6.42 Å². The maximum absolute atomic E-state index is 12.8. The van der Waals surface area contributed by atoms with Gasteiger partial charge in [0.15, 0.2) is 0 Å². The number of alkyl halides is 2. The Kier molecular flexibility index (Phi) is 5.05. The molecule has 112 valence electrons. The van der Waals surface area contributed by atoms with Crippen LogP contribution in [0, 0.1) is 0 Å². The Balaban J connectivity index is 2.08. The molecule has 1 aliphatic rings. The van der Waals surface area contributed by atoms with Crippen LogP contribution >= 0.6 is 0 Å². The van der Waals surface area contributed by atoms with E-state index in [0.29, 0.717) is 19.6 Å². The van der Waals surface area contributed by atoms with Gasteiger partial charge in [0, 0.05) is 12.4 Å². The highest BCUT2D eigenvalue weighted by molar-refractivity contribution is 5.75. The number of carbonyl (C=O) groups excluding carboxylic acids is 1. The maximum atomic E-state index is 12.8. The van der Waals surface area contributed by atoms with Gasteiger partial charge in [-0.05, 0) is 26.3 Å². The number of hydrogen-bond acceptors (Lipinski definition) is 4. The number of piperidine rings is 1. The Morgan fingerprint density at radius 1 is 1.55 bits per heavy atom. The molecular weight excluding hydrogens is 268 g/mol. The van der Waals surface area contributed by atoms with Crippen LogP contribution in [-0.4, -0.2) is 39.6 Å². The molecule has 0 aliphatic carbocycles. The van der Waals surface area contributed by atoms with Gasteiger partial charge in [-0.25, -0.2) is 4.98 Å². The van der Waals surface area contributed by atoms with Crippen molar-refractivity contribution in [3.63, 3.8) is 0 Å². The summed E-state index contributed by atoms with van der Waals surface area (Å²) in [6, 6.07) is -0.355. The standard InChI is InChI=1S/C13H19F2N3O2/c1-2-20-12(19)10-5-3-4-7-17(10)9-11-16-6-8-18(11)13(14)15/h6,8,10,13H,2-5,7,9H2,1H3/t10-/m0/s1. The highest BCUT2D eigenvalue weighted by Gasteiger charge is 2.30. The number of carbonyl (C=O) groups is 1. The molecule has 20 heavy (non-hydrogen) atoms. The highest BCUT2D eigenvalue weighted by Crippen LogP contribution is 2.22. The summed E-state index contributed by atoms with van der Waals surface area (Å²) in [6.45, 7) is 0.405. The summed E-state index contributed by atoms with van der Waals surface area (Å²) < 4.78 is 31.5. The first-order valence-electron chi connectivity index (χ1n) is 6.84. The number of likely N-dealkylation sites (tertiary alicyclic amines) is 1. The Morgan fingerprint density at radius 2 is 2.35 bits per heavy atom. The predicted octanol–water partition coefficient (Wildman–Crippen LogP) is 2.20. The molecule has 0 saturated carbocycles. The van der Waals surface area contributed by atoms with Gasteiger partial charge in [-0.2, -0.15) is 8.78 Å². The third kappa shape index (κ3) is 3.33. The molecule has 5 nitrogen and oxygen atoms in total. The second kappa shape index (κ2) is 6.78. The number of hydrogen-bond donors (Lipinski definition) is 0. The topological polar surface area (TPSA) is 47.4 Å². The zero-order valence-corrected chi connectivity index (χ0v) is 11.5. The zero-order valence-electron chi connectivity index (χ0n) is 11.5. The number of ether oxygens (including phenoxy) is 1. The van der Waals surface area contributed by atoms with Crippen LogP contribution in [0.1, 0.15) is 38.6 Å². The first kappa shape index (κ1) is 14.9. The van der Waals surface area contributed by atoms with Gasteiger partial charge < -0.3 is 4.74 Å². The smallest absolute Gasteiger partial charge is 0.323 e. The minimum absolute atomic E-state index is 0.237. The molecule has 1 atom stereocenters. The quantitative estimate of drug-likeness (QED) is 0.779. The second-order valence-corrected chi connectivity index (χ2v) is 4.76. The molecule has 1 aliphatic heterocycles. The summed E-state index contributed by atoms with van der Waals surface area (Å²) in [4.78, 5) is 17.8. The Bertz CT molecular complexity index is 451. The van der Waals surface area contributed by atoms with Crippen molar-refractivity contribution in [2.75, 3.05) is 13.2 Å². The number of halogens is 2. The van der Waals surface area contributed by atoms with Crippen LogP contribution in [0.2, 0.25) is 0 Å². The Hall–Kier alpha value is -1.50. The number of nitrogens with zero attached hydrogens (tertiary/aromatic N) is 3. The largest absolute Gasteiger partial charge is 0.465 e. The van der Waals surface area contributed by atoms with Crippen molar-refractivity contribution in [1.29, 1.82) is 0 Å². The van der Waals surface area contributed by atoms with Crippen molar-refractivity contribution in [2.45, 2.75) is 45.3 Å². The lowest BCUT2D eigenvalue weighted by Gasteiger charge is -2.33. The lowest BCUT2D eigenvalue weighted by atomic mass is 10.0. The maximum Gasteiger partial charge on any atom is 0.323 e. The van der Waals surface area contributed by atoms with Gasteiger partial charge in [-0.3, -0.25) is 14.3 Å². The monoisotopic (exact) mass is 287 g/mol. The molecule has 2 rings (SSSR count). The summed E-state index contributed by atoms with van der Waals surface area (Å²) >= 11 is 0. The van der Waals surface area contributed by atoms with E-state index in [9.17, 15) is 13.6 Å². The number of imidazole rings is 1. The van der Waals surface area contributed by atoms with Crippen LogP contribution < -0.4 is 0 Å². The molecule has 0 aromatic carbocycles. The Labute approximate surface area is 116 Å². The van der Waals surface area contributed by atoms with Crippen LogP contribution in [-0.2, 0) is 16.1 Å². The molecule has 1 aromatic heterocycles. The molecule has 0 radical (unpaired) electrons. The molecule has 0 amide bonds. The van der Waals surface area contributed by atoms with Gasteiger partial charge in [0.1, 0.15) is 11.9 Å². The summed E-state index contributed by atoms with van der Waals surface area (Å²) in [5.74, 6) is -0.00134. The second-order valence-electron chi connectivity index (χ2n) is 4.76. The number of aromatic nitrogens is 2. The van der Waals surface area contributed by atoms with Gasteiger partial charge in [0.2, 0.25) is 0 Å². The van der Waals surface area contributed by atoms with Crippen molar-refractivity contribution < 1.29 is 18.3 Å². The predicted molar refractivity (Wildman–Crippen MR) is 68.2 cm³/mol. The van der Waals surface area contributed by atoms with E-state index in [1.165, 1.54) is 12.4 Å². The lowest BCUT2D eigenvalue weighted by Crippen LogP contribution is -2.45. The molecule has 0 unspecified atom stereocenters. The van der Waals surface area contributed by atoms with Crippen LogP contribution in [0.3, 0.4) is 0 Å². The average Bonchev–Trinajstić information content (AvgIpc) is 2.88. The molecule has 0 N–H and O–H groups in total. The minimum atomic E-state index is -2.61. The lowest BCUT2D eigenvalue weighted by molar-refractivity contribution is -0.151. The van der Waals surface area contributed by atoms with Crippen molar-refractivity contribution in [1.82, 2.24) is 14.5 Å². The normalized spacial score (nSPS) is 20.3. The molecule has 1 saturated heterocycles. The fraction of sp³-hybridized carbons (Fsp3) is 0.692. The summed E-state index contributed by atoms with van der Waals surface area (Å²) in [7, 11) is 0. The molecular formula is C13H19F2N3O2. The summed E-state index contributed by atoms with van der Waals surface area (Å²) in [5, 5.41) is 0. The van der Waals surface area contributed by atoms with E-state index in [4.69, 9.17) is 4.74 Å². The number of esters is 1. The van der Waals surface area contributed by atoms with Gasteiger partial charge in [0.25, 0.3) is 0 Å². The van der Waals surface area contributed by atoms with Crippen molar-refractivity contribution in [2.24, 2.45) is 0 Å². The van der Waals surface area contributed by atoms with E-state index in [2.05, 4.69) is 4.98 Å². The zero-order chi connectivity index (χ0) is 14.5. The van der Waals surface area contributed by atoms with E-state index in [0.717, 1.165) is 17.4 Å². The molecule has 1 aromatic rings. The fourth-order valence-electron chi connectivity index (χ4n) is 2.51. The third-order valence-corrected chi connectivity index (χ3v) is 3.48. The molecule has 0 bridgehead atoms. The van der Waals surface area contributed by atoms with E-state index in [1.807, 2.05) is 4.90 Å². The van der Waals surface area contributed by atoms with Gasteiger partial charge in [-0.15, -0.1) is 0 Å². The average molecular weight is 287 g/mol. The number of rotatable bonds is 5. The van der Waals surface area contributed by atoms with Gasteiger partial charge >= 0.3 is 12.5 Å². The van der Waals surface area contributed by atoms with Crippen molar-refractivity contribution >= 4 is 5.97 Å². The van der Waals surface area contributed by atoms with Crippen molar-refractivity contribution in [3.05, 3.63) is 18.2 Å². The van der Waals surface area contributed by atoms with Gasteiger partial charge in [0.05, 0.1) is 13.2 Å². The highest BCUT2D eigenvalue weighted by atomic mass is 19.3. The van der Waals surface area contributed by atoms with Crippen LogP contribution in [0.5, 0.6) is 0 Å². The van der Waals surface area contributed by atoms with Crippen molar-refractivity contribution in [3.8, 4) is 0 Å². The summed E-state index contributed by atoms with van der Waals surface area (Å²) in [6.07, 6.45) is 5.21. The van der Waals surface area contributed by atoms with E-state index in [-0.39, 0.29) is 24.4 Å². The summed E-state index contributed by atoms with van der Waals surface area (Å²) in [5.41, 5.74) is 0. The SMILES string of the molecule is CCOC(=O)[C@@H]1CCCCN1Cc1nccn1C(F)F. The van der Waals surface area contributed by atoms with Crippen LogP contribution in [0.4, 0.5) is 8.78 Å².